The van der Waals surface area contributed by atoms with Crippen molar-refractivity contribution < 1.29 is 4.74 Å². The van der Waals surface area contributed by atoms with E-state index < -0.39 is 0 Å². The van der Waals surface area contributed by atoms with Crippen molar-refractivity contribution in [3.05, 3.63) is 58.4 Å². The molecule has 0 aliphatic heterocycles. The zero-order valence-corrected chi connectivity index (χ0v) is 13.5. The molecule has 0 aliphatic carbocycles. The summed E-state index contributed by atoms with van der Waals surface area (Å²) in [4.78, 5) is 0. The predicted octanol–water partition coefficient (Wildman–Crippen LogP) is 5.11. The molecule has 1 unspecified atom stereocenters. The quantitative estimate of drug-likeness (QED) is 0.617. The van der Waals surface area contributed by atoms with Crippen molar-refractivity contribution in [2.24, 2.45) is 0 Å². The Morgan fingerprint density at radius 1 is 1.37 bits per heavy atom. The van der Waals surface area contributed by atoms with Gasteiger partial charge in [-0.15, -0.1) is 23.5 Å². The second kappa shape index (κ2) is 9.29. The molecule has 0 saturated heterocycles. The number of ether oxygens (including phenoxy) is 1. The molecule has 104 valence electrons. The number of hydrogen-bond donors (Lipinski definition) is 0. The van der Waals surface area contributed by atoms with Crippen LogP contribution in [0.15, 0.2) is 52.8 Å². The second-order valence-electron chi connectivity index (χ2n) is 4.38. The van der Waals surface area contributed by atoms with Crippen LogP contribution in [0.5, 0.6) is 0 Å². The van der Waals surface area contributed by atoms with Gasteiger partial charge in [-0.05, 0) is 25.7 Å². The first-order chi connectivity index (χ1) is 9.11. The Morgan fingerprint density at radius 3 is 2.68 bits per heavy atom. The smallest absolute Gasteiger partial charge is 0.0735 e. The summed E-state index contributed by atoms with van der Waals surface area (Å²) in [5.41, 5.74) is 2.55. The fourth-order valence-corrected chi connectivity index (χ4v) is 2.69. The monoisotopic (exact) mass is 294 g/mol. The van der Waals surface area contributed by atoms with Gasteiger partial charge < -0.3 is 4.74 Å². The van der Waals surface area contributed by atoms with E-state index in [2.05, 4.69) is 44.9 Å². The van der Waals surface area contributed by atoms with Crippen LogP contribution in [-0.4, -0.2) is 18.1 Å². The minimum atomic E-state index is 0.142. The van der Waals surface area contributed by atoms with E-state index in [4.69, 9.17) is 4.74 Å². The van der Waals surface area contributed by atoms with Gasteiger partial charge >= 0.3 is 0 Å². The van der Waals surface area contributed by atoms with E-state index in [1.54, 1.807) is 23.5 Å². The Balaban J connectivity index is 2.33. The molecule has 1 aromatic rings. The van der Waals surface area contributed by atoms with Crippen molar-refractivity contribution >= 4 is 23.5 Å². The van der Waals surface area contributed by atoms with Crippen molar-refractivity contribution in [2.45, 2.75) is 26.6 Å². The van der Waals surface area contributed by atoms with Crippen LogP contribution in [0, 0.1) is 0 Å². The van der Waals surface area contributed by atoms with Crippen LogP contribution >= 0.6 is 23.5 Å². The van der Waals surface area contributed by atoms with Gasteiger partial charge in [0.15, 0.2) is 0 Å². The highest BCUT2D eigenvalue weighted by Gasteiger charge is 2.01. The van der Waals surface area contributed by atoms with Crippen LogP contribution in [-0.2, 0) is 11.3 Å². The largest absolute Gasteiger partial charge is 0.370 e. The molecule has 0 amide bonds. The molecular weight excluding hydrogens is 272 g/mol. The van der Waals surface area contributed by atoms with Gasteiger partial charge in [-0.1, -0.05) is 48.6 Å². The van der Waals surface area contributed by atoms with Gasteiger partial charge in [0.1, 0.15) is 0 Å². The zero-order valence-electron chi connectivity index (χ0n) is 11.9. The Labute approximate surface area is 125 Å². The first-order valence-corrected chi connectivity index (χ1v) is 8.51. The Morgan fingerprint density at radius 2 is 2.05 bits per heavy atom. The molecule has 0 N–H and O–H groups in total. The summed E-state index contributed by atoms with van der Waals surface area (Å²) < 4.78 is 6.98. The maximum absolute atomic E-state index is 5.82. The normalized spacial score (nSPS) is 13.3. The molecule has 0 saturated carbocycles. The molecule has 0 radical (unpaired) electrons. The van der Waals surface area contributed by atoms with Gasteiger partial charge in [0.2, 0.25) is 0 Å². The average molecular weight is 294 g/mol. The molecule has 0 aromatic heterocycles. The summed E-state index contributed by atoms with van der Waals surface area (Å²) in [5, 5.41) is 0. The molecule has 0 bridgehead atoms. The highest BCUT2D eigenvalue weighted by Crippen LogP contribution is 2.25. The molecule has 1 rings (SSSR count). The summed E-state index contributed by atoms with van der Waals surface area (Å²) in [7, 11) is 0. The van der Waals surface area contributed by atoms with Gasteiger partial charge in [-0.3, -0.25) is 0 Å². The van der Waals surface area contributed by atoms with Crippen LogP contribution in [0.1, 0.15) is 19.4 Å². The van der Waals surface area contributed by atoms with E-state index >= 15 is 0 Å². The summed E-state index contributed by atoms with van der Waals surface area (Å²) in [6.45, 7) is 8.86. The second-order valence-corrected chi connectivity index (χ2v) is 6.61. The lowest BCUT2D eigenvalue weighted by molar-refractivity contribution is 0.0836. The summed E-state index contributed by atoms with van der Waals surface area (Å²) in [5.74, 6) is 0.985. The molecule has 0 spiro atoms. The van der Waals surface area contributed by atoms with Crippen molar-refractivity contribution in [1.82, 2.24) is 0 Å². The van der Waals surface area contributed by atoms with Gasteiger partial charge in [-0.2, -0.15) is 0 Å². The molecular formula is C16H22OS2. The lowest BCUT2D eigenvalue weighted by Crippen LogP contribution is -2.05. The third kappa shape index (κ3) is 7.51. The highest BCUT2D eigenvalue weighted by molar-refractivity contribution is 8.22. The van der Waals surface area contributed by atoms with E-state index in [1.807, 2.05) is 18.2 Å². The van der Waals surface area contributed by atoms with Crippen molar-refractivity contribution in [3.63, 3.8) is 0 Å². The predicted molar refractivity (Wildman–Crippen MR) is 89.6 cm³/mol. The van der Waals surface area contributed by atoms with Crippen LogP contribution < -0.4 is 0 Å². The van der Waals surface area contributed by atoms with Crippen LogP contribution in [0.4, 0.5) is 0 Å². The highest BCUT2D eigenvalue weighted by atomic mass is 32.2. The summed E-state index contributed by atoms with van der Waals surface area (Å²) >= 11 is 3.49. The van der Waals surface area contributed by atoms with Gasteiger partial charge in [0, 0.05) is 9.99 Å². The number of rotatable bonds is 8. The first kappa shape index (κ1) is 16.4. The van der Waals surface area contributed by atoms with E-state index in [0.29, 0.717) is 6.61 Å². The standard InChI is InChI=1S/C16H22OS2/c1-13(12-19-15(3)18-4)10-14(2)17-11-16-8-6-5-7-9-16/h5-10,14H,3,11-12H2,1-2,4H3/b13-10-. The molecule has 1 atom stereocenters. The fraction of sp³-hybridized carbons (Fsp3) is 0.375. The maximum Gasteiger partial charge on any atom is 0.0735 e. The molecule has 1 aromatic carbocycles. The minimum Gasteiger partial charge on any atom is -0.370 e. The minimum absolute atomic E-state index is 0.142. The third-order valence-electron chi connectivity index (χ3n) is 2.56. The lowest BCUT2D eigenvalue weighted by Gasteiger charge is -2.11. The van der Waals surface area contributed by atoms with E-state index in [9.17, 15) is 0 Å². The summed E-state index contributed by atoms with van der Waals surface area (Å²) in [6.07, 6.45) is 4.38. The van der Waals surface area contributed by atoms with Crippen molar-refractivity contribution in [2.75, 3.05) is 12.0 Å². The summed E-state index contributed by atoms with van der Waals surface area (Å²) in [6, 6.07) is 10.3. The van der Waals surface area contributed by atoms with Crippen molar-refractivity contribution in [3.8, 4) is 0 Å². The Bertz CT molecular complexity index is 412. The van der Waals surface area contributed by atoms with Crippen LogP contribution in [0.3, 0.4) is 0 Å². The first-order valence-electron chi connectivity index (χ1n) is 6.30. The van der Waals surface area contributed by atoms with Crippen molar-refractivity contribution in [1.29, 1.82) is 0 Å². The lowest BCUT2D eigenvalue weighted by atomic mass is 10.2. The maximum atomic E-state index is 5.82. The Hall–Kier alpha value is -0.640. The van der Waals surface area contributed by atoms with Gasteiger partial charge in [0.05, 0.1) is 12.7 Å². The van der Waals surface area contributed by atoms with Gasteiger partial charge in [-0.25, -0.2) is 0 Å². The van der Waals surface area contributed by atoms with Crippen LogP contribution in [0.25, 0.3) is 0 Å². The SMILES string of the molecule is C=C(SC)SC/C(C)=C\C(C)OCc1ccccc1. The zero-order chi connectivity index (χ0) is 14.1. The molecule has 0 fully saturated rings. The molecule has 0 heterocycles. The molecule has 0 aliphatic rings. The van der Waals surface area contributed by atoms with Crippen LogP contribution in [0.2, 0.25) is 0 Å². The van der Waals surface area contributed by atoms with E-state index in [-0.39, 0.29) is 6.10 Å². The topological polar surface area (TPSA) is 9.23 Å². The number of thioether (sulfide) groups is 2. The molecule has 3 heteroatoms. The Kier molecular flexibility index (Phi) is 8.03. The molecule has 1 nitrogen and oxygen atoms in total. The third-order valence-corrected chi connectivity index (χ3v) is 4.79. The fourth-order valence-electron chi connectivity index (χ4n) is 1.55. The number of hydrogen-bond acceptors (Lipinski definition) is 3. The molecule has 19 heavy (non-hydrogen) atoms. The van der Waals surface area contributed by atoms with E-state index in [1.165, 1.54) is 11.1 Å². The average Bonchev–Trinajstić information content (AvgIpc) is 2.43. The van der Waals surface area contributed by atoms with Gasteiger partial charge in [0.25, 0.3) is 0 Å². The number of benzene rings is 1. The van der Waals surface area contributed by atoms with E-state index in [0.717, 1.165) is 9.99 Å².